The van der Waals surface area contributed by atoms with Crippen LogP contribution >= 0.6 is 11.3 Å². The van der Waals surface area contributed by atoms with Crippen molar-refractivity contribution in [1.82, 2.24) is 20.4 Å². The van der Waals surface area contributed by atoms with Crippen LogP contribution in [-0.2, 0) is 9.53 Å². The van der Waals surface area contributed by atoms with Crippen molar-refractivity contribution >= 4 is 28.2 Å². The molecule has 2 aromatic heterocycles. The first-order valence-electron chi connectivity index (χ1n) is 9.19. The molecule has 0 radical (unpaired) electrons. The Morgan fingerprint density at radius 2 is 2.03 bits per heavy atom. The monoisotopic (exact) mass is 430 g/mol. The lowest BCUT2D eigenvalue weighted by molar-refractivity contribution is -0.126. The van der Waals surface area contributed by atoms with Crippen molar-refractivity contribution in [3.05, 3.63) is 54.2 Å². The topological polar surface area (TPSA) is 102 Å². The fraction of sp³-hybridized carbons (Fsp3) is 0.316. The van der Waals surface area contributed by atoms with Crippen molar-refractivity contribution in [1.29, 1.82) is 0 Å². The molecule has 11 heteroatoms. The maximum atomic E-state index is 14.4. The Hall–Kier alpha value is -3.18. The van der Waals surface area contributed by atoms with Crippen LogP contribution in [0.15, 0.2) is 48.7 Å². The van der Waals surface area contributed by atoms with Crippen molar-refractivity contribution in [2.24, 2.45) is 0 Å². The van der Waals surface area contributed by atoms with Gasteiger partial charge in [-0.1, -0.05) is 35.4 Å². The van der Waals surface area contributed by atoms with Crippen molar-refractivity contribution in [3.63, 3.8) is 0 Å². The number of rotatable bonds is 7. The van der Waals surface area contributed by atoms with Crippen LogP contribution < -0.4 is 15.0 Å². The predicted molar refractivity (Wildman–Crippen MR) is 108 cm³/mol. The number of carbonyl (C=O) groups is 1. The second kappa shape index (κ2) is 9.09. The molecule has 1 amide bonds. The molecule has 3 aromatic rings. The molecule has 9 nitrogen and oxygen atoms in total. The molecule has 0 aliphatic carbocycles. The molecular formula is C19H19FN6O3S. The van der Waals surface area contributed by atoms with Gasteiger partial charge in [0.05, 0.1) is 13.1 Å². The minimum atomic E-state index is -1.22. The highest BCUT2D eigenvalue weighted by Gasteiger charge is 2.36. The molecule has 0 spiro atoms. The summed E-state index contributed by atoms with van der Waals surface area (Å²) in [5.74, 6) is 0.201. The molecule has 1 fully saturated rings. The number of hydrogen-bond acceptors (Lipinski definition) is 9. The highest BCUT2D eigenvalue weighted by atomic mass is 32.1. The third-order valence-corrected chi connectivity index (χ3v) is 5.28. The van der Waals surface area contributed by atoms with Crippen LogP contribution in [0.5, 0.6) is 5.19 Å². The number of amides is 1. The molecule has 156 valence electrons. The third kappa shape index (κ3) is 4.52. The van der Waals surface area contributed by atoms with Crippen molar-refractivity contribution in [3.8, 4) is 5.19 Å². The first-order valence-corrected chi connectivity index (χ1v) is 10.0. The van der Waals surface area contributed by atoms with Gasteiger partial charge in [-0.25, -0.2) is 4.39 Å². The van der Waals surface area contributed by atoms with Gasteiger partial charge in [0.15, 0.2) is 24.2 Å². The number of carbonyl (C=O) groups excluding carboxylic acids is 1. The number of nitrogens with zero attached hydrogens (tertiary/aromatic N) is 5. The molecule has 1 aromatic carbocycles. The van der Waals surface area contributed by atoms with Gasteiger partial charge in [0.25, 0.3) is 11.1 Å². The Morgan fingerprint density at radius 3 is 2.77 bits per heavy atom. The maximum absolute atomic E-state index is 14.4. The summed E-state index contributed by atoms with van der Waals surface area (Å²) >= 11 is 1.03. The molecule has 1 saturated heterocycles. The van der Waals surface area contributed by atoms with Gasteiger partial charge in [0.2, 0.25) is 5.13 Å². The van der Waals surface area contributed by atoms with Gasteiger partial charge < -0.3 is 14.4 Å². The largest absolute Gasteiger partial charge is 0.461 e. The highest BCUT2D eigenvalue weighted by molar-refractivity contribution is 7.17. The zero-order valence-corrected chi connectivity index (χ0v) is 16.8. The van der Waals surface area contributed by atoms with Gasteiger partial charge in [-0.2, -0.15) is 5.10 Å². The Labute approximate surface area is 175 Å². The van der Waals surface area contributed by atoms with Crippen LogP contribution in [0.25, 0.3) is 0 Å². The number of aromatic nitrogens is 4. The fourth-order valence-electron chi connectivity index (χ4n) is 3.13. The molecule has 0 saturated carbocycles. The number of hydrogen-bond donors (Lipinski definition) is 1. The van der Waals surface area contributed by atoms with Crippen LogP contribution in [0.1, 0.15) is 11.7 Å². The molecule has 1 N–H and O–H groups in total. The first kappa shape index (κ1) is 20.1. The van der Waals surface area contributed by atoms with Crippen LogP contribution in [0.3, 0.4) is 0 Å². The van der Waals surface area contributed by atoms with E-state index >= 15 is 0 Å². The third-order valence-electron chi connectivity index (χ3n) is 4.55. The van der Waals surface area contributed by atoms with Gasteiger partial charge in [-0.05, 0) is 29.0 Å². The predicted octanol–water partition coefficient (Wildman–Crippen LogP) is 2.26. The number of alkyl halides is 1. The SMILES string of the molecule is CO[C@H](C(=O)Nc1nnc(O[C@H]2CN(c3cccnn3)C[C@H]2F)s1)c1ccccc1. The lowest BCUT2D eigenvalue weighted by Gasteiger charge is -2.15. The van der Waals surface area contributed by atoms with Crippen molar-refractivity contribution in [2.75, 3.05) is 30.4 Å². The van der Waals surface area contributed by atoms with Crippen molar-refractivity contribution < 1.29 is 18.7 Å². The number of methoxy groups -OCH3 is 1. The lowest BCUT2D eigenvalue weighted by atomic mass is 10.1. The fourth-order valence-corrected chi connectivity index (χ4v) is 3.78. The van der Waals surface area contributed by atoms with E-state index in [0.717, 1.165) is 11.3 Å². The van der Waals surface area contributed by atoms with Gasteiger partial charge >= 0.3 is 0 Å². The van der Waals surface area contributed by atoms with Gasteiger partial charge in [-0.15, -0.1) is 10.2 Å². The quantitative estimate of drug-likeness (QED) is 0.609. The Bertz CT molecular complexity index is 977. The van der Waals surface area contributed by atoms with Gasteiger partial charge in [0, 0.05) is 13.3 Å². The Kier molecular flexibility index (Phi) is 6.10. The average Bonchev–Trinajstić information content (AvgIpc) is 3.36. The molecule has 30 heavy (non-hydrogen) atoms. The number of nitrogens with one attached hydrogen (secondary N) is 1. The van der Waals surface area contributed by atoms with E-state index in [1.807, 2.05) is 18.2 Å². The van der Waals surface area contributed by atoms with E-state index in [-0.39, 0.29) is 22.8 Å². The first-order chi connectivity index (χ1) is 14.6. The summed E-state index contributed by atoms with van der Waals surface area (Å²) in [7, 11) is 1.45. The highest BCUT2D eigenvalue weighted by Crippen LogP contribution is 2.29. The van der Waals surface area contributed by atoms with E-state index in [2.05, 4.69) is 25.7 Å². The molecule has 3 heterocycles. The van der Waals surface area contributed by atoms with Gasteiger partial charge in [0.1, 0.15) is 0 Å². The van der Waals surface area contributed by atoms with E-state index in [1.165, 1.54) is 7.11 Å². The molecular weight excluding hydrogens is 411 g/mol. The van der Waals surface area contributed by atoms with E-state index in [9.17, 15) is 9.18 Å². The van der Waals surface area contributed by atoms with Crippen LogP contribution in [0.4, 0.5) is 15.3 Å². The number of halogens is 1. The van der Waals surface area contributed by atoms with E-state index in [4.69, 9.17) is 9.47 Å². The molecule has 1 aliphatic heterocycles. The average molecular weight is 430 g/mol. The normalized spacial score (nSPS) is 19.5. The number of ether oxygens (including phenoxy) is 2. The summed E-state index contributed by atoms with van der Waals surface area (Å²) < 4.78 is 25.4. The van der Waals surface area contributed by atoms with E-state index < -0.39 is 18.4 Å². The minimum Gasteiger partial charge on any atom is -0.461 e. The second-order valence-electron chi connectivity index (χ2n) is 6.55. The molecule has 0 bridgehead atoms. The minimum absolute atomic E-state index is 0.151. The number of benzene rings is 1. The summed E-state index contributed by atoms with van der Waals surface area (Å²) in [6.07, 6.45) is -1.17. The second-order valence-corrected chi connectivity index (χ2v) is 7.49. The molecule has 3 atom stereocenters. The number of anilines is 2. The standard InChI is InChI=1S/C19H19FN6O3S/c1-28-16(12-6-3-2-4-7-12)17(27)22-18-24-25-19(30-18)29-14-11-26(10-13(14)20)15-8-5-9-21-23-15/h2-9,13-14,16H,10-11H2,1H3,(H,22,24,27)/t13-,14+,16+/m1/s1. The molecule has 0 unspecified atom stereocenters. The van der Waals surface area contributed by atoms with Crippen LogP contribution in [0, 0.1) is 0 Å². The zero-order valence-electron chi connectivity index (χ0n) is 16.0. The summed E-state index contributed by atoms with van der Waals surface area (Å²) in [6.45, 7) is 0.458. The van der Waals surface area contributed by atoms with Crippen molar-refractivity contribution in [2.45, 2.75) is 18.4 Å². The maximum Gasteiger partial charge on any atom is 0.296 e. The zero-order chi connectivity index (χ0) is 20.9. The molecule has 4 rings (SSSR count). The smallest absolute Gasteiger partial charge is 0.296 e. The van der Waals surface area contributed by atoms with Crippen LogP contribution in [0.2, 0.25) is 0 Å². The van der Waals surface area contributed by atoms with E-state index in [1.54, 1.807) is 35.4 Å². The van der Waals surface area contributed by atoms with E-state index in [0.29, 0.717) is 17.9 Å². The Balaban J connectivity index is 1.37. The Morgan fingerprint density at radius 1 is 1.20 bits per heavy atom. The summed E-state index contributed by atoms with van der Waals surface area (Å²) in [6, 6.07) is 12.6. The van der Waals surface area contributed by atoms with Crippen LogP contribution in [-0.4, -0.2) is 58.8 Å². The summed E-state index contributed by atoms with van der Waals surface area (Å²) in [5, 5.41) is 18.7. The molecule has 1 aliphatic rings. The lowest BCUT2D eigenvalue weighted by Crippen LogP contribution is -2.27. The van der Waals surface area contributed by atoms with Gasteiger partial charge in [-0.3, -0.25) is 10.1 Å². The summed E-state index contributed by atoms with van der Waals surface area (Å²) in [5.41, 5.74) is 0.716. The summed E-state index contributed by atoms with van der Waals surface area (Å²) in [4.78, 5) is 14.3.